The van der Waals surface area contributed by atoms with E-state index in [1.165, 1.54) is 19.4 Å². The second-order valence-corrected chi connectivity index (χ2v) is 9.74. The number of rotatable bonds is 11. The molecule has 0 spiro atoms. The minimum absolute atomic E-state index is 0.298. The predicted octanol–water partition coefficient (Wildman–Crippen LogP) is 7.02. The number of hydrogen-bond acceptors (Lipinski definition) is 6. The maximum atomic E-state index is 12.7. The van der Waals surface area contributed by atoms with Gasteiger partial charge in [-0.1, -0.05) is 65.1 Å². The van der Waals surface area contributed by atoms with Crippen molar-refractivity contribution in [3.05, 3.63) is 117 Å². The van der Waals surface area contributed by atoms with Crippen LogP contribution in [0.1, 0.15) is 21.5 Å². The Hall–Kier alpha value is -4.24. The van der Waals surface area contributed by atoms with E-state index in [0.717, 1.165) is 5.56 Å². The second-order valence-electron chi connectivity index (χ2n) is 8.49. The first-order valence-electron chi connectivity index (χ1n) is 12.2. The number of nitrogens with zero attached hydrogens (tertiary/aromatic N) is 1. The fourth-order valence-electron chi connectivity index (χ4n) is 3.55. The second kappa shape index (κ2) is 14.4. The summed E-state index contributed by atoms with van der Waals surface area (Å²) in [5, 5.41) is 7.81. The smallest absolute Gasteiger partial charge is 0.271 e. The first-order valence-corrected chi connectivity index (χ1v) is 13.3. The molecule has 0 bridgehead atoms. The minimum atomic E-state index is -0.473. The normalized spacial score (nSPS) is 10.7. The average Bonchev–Trinajstić information content (AvgIpc) is 2.98. The van der Waals surface area contributed by atoms with E-state index in [1.807, 2.05) is 30.3 Å². The third-order valence-corrected chi connectivity index (χ3v) is 6.54. The van der Waals surface area contributed by atoms with Gasteiger partial charge in [0.15, 0.2) is 18.1 Å². The molecule has 0 aliphatic heterocycles. The lowest BCUT2D eigenvalue weighted by Crippen LogP contribution is -2.20. The number of benzene rings is 4. The molecule has 4 rings (SSSR count). The molecule has 0 atom stereocenters. The van der Waals surface area contributed by atoms with Gasteiger partial charge in [-0.15, -0.1) is 0 Å². The van der Waals surface area contributed by atoms with Gasteiger partial charge in [0.2, 0.25) is 0 Å². The predicted molar refractivity (Wildman–Crippen MR) is 161 cm³/mol. The first kappa shape index (κ1) is 29.7. The number of ether oxygens (including phenoxy) is 3. The molecule has 2 N–H and O–H groups in total. The fraction of sp³-hybridized carbons (Fsp3) is 0.100. The van der Waals surface area contributed by atoms with Crippen LogP contribution in [-0.4, -0.2) is 31.7 Å². The molecule has 0 saturated heterocycles. The lowest BCUT2D eigenvalue weighted by molar-refractivity contribution is -0.118. The van der Waals surface area contributed by atoms with Gasteiger partial charge in [-0.2, -0.15) is 5.10 Å². The highest BCUT2D eigenvalue weighted by molar-refractivity contribution is 6.42. The van der Waals surface area contributed by atoms with Crippen molar-refractivity contribution < 1.29 is 23.8 Å². The maximum absolute atomic E-state index is 12.7. The molecule has 0 radical (unpaired) electrons. The van der Waals surface area contributed by atoms with Crippen LogP contribution in [0.15, 0.2) is 90.0 Å². The van der Waals surface area contributed by atoms with Crippen LogP contribution in [0.3, 0.4) is 0 Å². The zero-order valence-electron chi connectivity index (χ0n) is 21.7. The standard InChI is InChI=1S/C30H24Cl3N3O5/c1-39-28-14-20(7-11-27(28)40-17-19-5-3-2-4-6-19)30(38)36-34-16-21-13-22(31)8-12-26(21)41-18-29(37)35-23-9-10-24(32)25(33)15-23/h2-16H,17-18H2,1H3,(H,35,37)(H,36,38)/b34-16+. The van der Waals surface area contributed by atoms with E-state index < -0.39 is 11.8 Å². The highest BCUT2D eigenvalue weighted by Gasteiger charge is 2.12. The summed E-state index contributed by atoms with van der Waals surface area (Å²) in [5.41, 5.74) is 4.70. The molecule has 210 valence electrons. The van der Waals surface area contributed by atoms with Crippen molar-refractivity contribution in [2.24, 2.45) is 5.10 Å². The van der Waals surface area contributed by atoms with E-state index in [1.54, 1.807) is 48.5 Å². The van der Waals surface area contributed by atoms with Crippen LogP contribution in [0, 0.1) is 0 Å². The van der Waals surface area contributed by atoms with Crippen LogP contribution in [0.5, 0.6) is 17.2 Å². The lowest BCUT2D eigenvalue weighted by atomic mass is 10.2. The molecule has 0 fully saturated rings. The number of hydrogen-bond donors (Lipinski definition) is 2. The topological polar surface area (TPSA) is 98.3 Å². The van der Waals surface area contributed by atoms with Crippen LogP contribution >= 0.6 is 34.8 Å². The molecular weight excluding hydrogens is 589 g/mol. The lowest BCUT2D eigenvalue weighted by Gasteiger charge is -2.12. The molecule has 0 aliphatic carbocycles. The van der Waals surface area contributed by atoms with Gasteiger partial charge in [0, 0.05) is 21.8 Å². The number of halogens is 3. The van der Waals surface area contributed by atoms with Crippen molar-refractivity contribution in [3.63, 3.8) is 0 Å². The number of carbonyl (C=O) groups excluding carboxylic acids is 2. The van der Waals surface area contributed by atoms with E-state index in [0.29, 0.717) is 55.7 Å². The molecule has 0 aromatic heterocycles. The summed E-state index contributed by atoms with van der Waals surface area (Å²) in [6.07, 6.45) is 1.37. The van der Waals surface area contributed by atoms with Crippen LogP contribution in [0.25, 0.3) is 0 Å². The van der Waals surface area contributed by atoms with E-state index in [4.69, 9.17) is 49.0 Å². The molecule has 0 saturated carbocycles. The molecule has 0 aliphatic rings. The van der Waals surface area contributed by atoms with Crippen LogP contribution in [0.4, 0.5) is 5.69 Å². The van der Waals surface area contributed by atoms with E-state index in [9.17, 15) is 9.59 Å². The van der Waals surface area contributed by atoms with E-state index in [2.05, 4.69) is 15.8 Å². The molecule has 11 heteroatoms. The van der Waals surface area contributed by atoms with Crippen molar-refractivity contribution in [1.29, 1.82) is 0 Å². The Morgan fingerprint density at radius 3 is 2.37 bits per heavy atom. The summed E-state index contributed by atoms with van der Waals surface area (Å²) in [5.74, 6) is 0.347. The number of carbonyl (C=O) groups is 2. The van der Waals surface area contributed by atoms with Crippen molar-refractivity contribution in [2.45, 2.75) is 6.61 Å². The molecule has 8 nitrogen and oxygen atoms in total. The van der Waals surface area contributed by atoms with Gasteiger partial charge in [0.05, 0.1) is 23.4 Å². The van der Waals surface area contributed by atoms with Crippen molar-refractivity contribution in [2.75, 3.05) is 19.0 Å². The summed E-state index contributed by atoms with van der Waals surface area (Å²) >= 11 is 18.0. The fourth-order valence-corrected chi connectivity index (χ4v) is 4.03. The summed E-state index contributed by atoms with van der Waals surface area (Å²) in [6, 6.07) is 24.0. The molecule has 4 aromatic rings. The van der Waals surface area contributed by atoms with Gasteiger partial charge in [0.25, 0.3) is 11.8 Å². The quantitative estimate of drug-likeness (QED) is 0.140. The number of methoxy groups -OCH3 is 1. The summed E-state index contributed by atoms with van der Waals surface area (Å²) in [4.78, 5) is 25.1. The van der Waals surface area contributed by atoms with Crippen molar-refractivity contribution >= 4 is 58.5 Å². The third-order valence-electron chi connectivity index (χ3n) is 5.57. The zero-order chi connectivity index (χ0) is 29.2. The van der Waals surface area contributed by atoms with Crippen molar-refractivity contribution in [3.8, 4) is 17.2 Å². The van der Waals surface area contributed by atoms with Crippen LogP contribution in [0.2, 0.25) is 15.1 Å². The third kappa shape index (κ3) is 8.62. The Labute approximate surface area is 251 Å². The highest BCUT2D eigenvalue weighted by atomic mass is 35.5. The van der Waals surface area contributed by atoms with Gasteiger partial charge in [0.1, 0.15) is 12.4 Å². The average molecular weight is 613 g/mol. The van der Waals surface area contributed by atoms with Crippen molar-refractivity contribution in [1.82, 2.24) is 5.43 Å². The number of hydrazone groups is 1. The first-order chi connectivity index (χ1) is 19.8. The van der Waals surface area contributed by atoms with Crippen LogP contribution < -0.4 is 25.0 Å². The molecule has 0 heterocycles. The molecule has 41 heavy (non-hydrogen) atoms. The van der Waals surface area contributed by atoms with Gasteiger partial charge in [-0.3, -0.25) is 9.59 Å². The van der Waals surface area contributed by atoms with Gasteiger partial charge >= 0.3 is 0 Å². The van der Waals surface area contributed by atoms with Gasteiger partial charge in [-0.25, -0.2) is 5.43 Å². The molecule has 0 unspecified atom stereocenters. The molecular formula is C30H24Cl3N3O5. The van der Waals surface area contributed by atoms with E-state index >= 15 is 0 Å². The van der Waals surface area contributed by atoms with Crippen LogP contribution in [-0.2, 0) is 11.4 Å². The monoisotopic (exact) mass is 611 g/mol. The highest BCUT2D eigenvalue weighted by Crippen LogP contribution is 2.29. The largest absolute Gasteiger partial charge is 0.493 e. The van der Waals surface area contributed by atoms with Gasteiger partial charge in [-0.05, 0) is 60.2 Å². The Morgan fingerprint density at radius 2 is 1.61 bits per heavy atom. The SMILES string of the molecule is COc1cc(C(=O)N/N=C/c2cc(Cl)ccc2OCC(=O)Nc2ccc(Cl)c(Cl)c2)ccc1OCc1ccccc1. The number of amides is 2. The zero-order valence-corrected chi connectivity index (χ0v) is 24.0. The Balaban J connectivity index is 1.36. The number of anilines is 1. The summed E-state index contributed by atoms with van der Waals surface area (Å²) in [6.45, 7) is 0.0573. The van der Waals surface area contributed by atoms with E-state index in [-0.39, 0.29) is 6.61 Å². The molecule has 2 amide bonds. The minimum Gasteiger partial charge on any atom is -0.493 e. The maximum Gasteiger partial charge on any atom is 0.271 e. The number of nitrogens with one attached hydrogen (secondary N) is 2. The summed E-state index contributed by atoms with van der Waals surface area (Å²) < 4.78 is 16.9. The molecule has 4 aromatic carbocycles. The Morgan fingerprint density at radius 1 is 0.829 bits per heavy atom. The summed E-state index contributed by atoms with van der Waals surface area (Å²) in [7, 11) is 1.50. The Kier molecular flexibility index (Phi) is 10.5. The van der Waals surface area contributed by atoms with Gasteiger partial charge < -0.3 is 19.5 Å². The Bertz CT molecular complexity index is 1560.